The quantitative estimate of drug-likeness (QED) is 0.616. The first-order valence-corrected chi connectivity index (χ1v) is 10.5. The Morgan fingerprint density at radius 1 is 0.867 bits per heavy atom. The van der Waals surface area contributed by atoms with Gasteiger partial charge in [0.2, 0.25) is 5.75 Å². The summed E-state index contributed by atoms with van der Waals surface area (Å²) in [4.78, 5) is 2.59. The van der Waals surface area contributed by atoms with E-state index in [9.17, 15) is 0 Å². The predicted octanol–water partition coefficient (Wildman–Crippen LogP) is 4.15. The lowest BCUT2D eigenvalue weighted by molar-refractivity contribution is 0.0865. The van der Waals surface area contributed by atoms with Crippen LogP contribution in [0, 0.1) is 5.92 Å². The molecular formula is C24H31NO5. The highest BCUT2D eigenvalue weighted by Crippen LogP contribution is 2.45. The molecule has 0 N–H and O–H groups in total. The summed E-state index contributed by atoms with van der Waals surface area (Å²) in [6.07, 6.45) is 3.78. The lowest BCUT2D eigenvalue weighted by atomic mass is 9.98. The number of methoxy groups -OCH3 is 4. The summed E-state index contributed by atoms with van der Waals surface area (Å²) in [7, 11) is 6.62. The van der Waals surface area contributed by atoms with Crippen molar-refractivity contribution < 1.29 is 23.7 Å². The minimum absolute atomic E-state index is 0.397. The first kappa shape index (κ1) is 20.7. The first-order chi connectivity index (χ1) is 14.7. The summed E-state index contributed by atoms with van der Waals surface area (Å²) in [5.74, 6) is 4.37. The second-order valence-electron chi connectivity index (χ2n) is 7.99. The lowest BCUT2D eigenvalue weighted by Gasteiger charge is -2.35. The summed E-state index contributed by atoms with van der Waals surface area (Å²) >= 11 is 0. The van der Waals surface area contributed by atoms with Crippen molar-refractivity contribution in [2.24, 2.45) is 5.92 Å². The molecule has 6 nitrogen and oxygen atoms in total. The third kappa shape index (κ3) is 4.01. The predicted molar refractivity (Wildman–Crippen MR) is 115 cm³/mol. The fourth-order valence-corrected chi connectivity index (χ4v) is 4.97. The molecule has 1 saturated heterocycles. The molecule has 1 aliphatic carbocycles. The van der Waals surface area contributed by atoms with Crippen molar-refractivity contribution in [3.63, 3.8) is 0 Å². The van der Waals surface area contributed by atoms with Gasteiger partial charge >= 0.3 is 0 Å². The Labute approximate surface area is 178 Å². The van der Waals surface area contributed by atoms with Crippen LogP contribution in [-0.2, 0) is 6.54 Å². The van der Waals surface area contributed by atoms with E-state index in [2.05, 4.69) is 4.90 Å². The third-order valence-corrected chi connectivity index (χ3v) is 6.44. The molecule has 2 aromatic carbocycles. The highest BCUT2D eigenvalue weighted by atomic mass is 16.5. The van der Waals surface area contributed by atoms with Gasteiger partial charge in [0.25, 0.3) is 0 Å². The van der Waals surface area contributed by atoms with Gasteiger partial charge in [0, 0.05) is 24.7 Å². The highest BCUT2D eigenvalue weighted by Gasteiger charge is 2.46. The monoisotopic (exact) mass is 413 g/mol. The van der Waals surface area contributed by atoms with Crippen molar-refractivity contribution in [1.82, 2.24) is 4.90 Å². The average Bonchev–Trinajstić information content (AvgIpc) is 3.39. The van der Waals surface area contributed by atoms with Gasteiger partial charge in [-0.15, -0.1) is 0 Å². The van der Waals surface area contributed by atoms with E-state index in [0.29, 0.717) is 41.9 Å². The molecule has 3 atom stereocenters. The summed E-state index contributed by atoms with van der Waals surface area (Å²) < 4.78 is 28.0. The van der Waals surface area contributed by atoms with E-state index in [1.165, 1.54) is 19.3 Å². The molecule has 162 valence electrons. The number of rotatable bonds is 9. The SMILES string of the molecule is COc1cccc(OC[C@H]2[C@@H]3CC[C@H](C3)N2Cc2cc(OC)c(OC)c(OC)c2)c1. The molecule has 2 aromatic rings. The lowest BCUT2D eigenvalue weighted by Crippen LogP contribution is -2.43. The van der Waals surface area contributed by atoms with E-state index in [-0.39, 0.29) is 0 Å². The summed E-state index contributed by atoms with van der Waals surface area (Å²) in [6.45, 7) is 1.52. The zero-order valence-electron chi connectivity index (χ0n) is 18.2. The van der Waals surface area contributed by atoms with Gasteiger partial charge in [0.15, 0.2) is 11.5 Å². The Bertz CT molecular complexity index is 845. The Kier molecular flexibility index (Phi) is 6.23. The van der Waals surface area contributed by atoms with Crippen molar-refractivity contribution in [2.45, 2.75) is 37.9 Å². The Hall–Kier alpha value is -2.60. The topological polar surface area (TPSA) is 49.4 Å². The van der Waals surface area contributed by atoms with Crippen LogP contribution in [0.2, 0.25) is 0 Å². The molecule has 0 spiro atoms. The molecule has 1 saturated carbocycles. The summed E-state index contributed by atoms with van der Waals surface area (Å²) in [5, 5.41) is 0. The maximum atomic E-state index is 6.19. The van der Waals surface area contributed by atoms with E-state index in [0.717, 1.165) is 23.6 Å². The second kappa shape index (κ2) is 9.04. The smallest absolute Gasteiger partial charge is 0.203 e. The van der Waals surface area contributed by atoms with Gasteiger partial charge in [-0.1, -0.05) is 6.07 Å². The van der Waals surface area contributed by atoms with Crippen LogP contribution in [0.3, 0.4) is 0 Å². The van der Waals surface area contributed by atoms with Gasteiger partial charge in [0.1, 0.15) is 18.1 Å². The number of nitrogens with zero attached hydrogens (tertiary/aromatic N) is 1. The zero-order valence-corrected chi connectivity index (χ0v) is 18.2. The third-order valence-electron chi connectivity index (χ3n) is 6.44. The van der Waals surface area contributed by atoms with E-state index in [4.69, 9.17) is 23.7 Å². The maximum Gasteiger partial charge on any atom is 0.203 e. The summed E-state index contributed by atoms with van der Waals surface area (Å²) in [6, 6.07) is 12.9. The van der Waals surface area contributed by atoms with Crippen molar-refractivity contribution in [2.75, 3.05) is 35.0 Å². The van der Waals surface area contributed by atoms with Crippen LogP contribution in [0.1, 0.15) is 24.8 Å². The van der Waals surface area contributed by atoms with Gasteiger partial charge in [-0.3, -0.25) is 4.90 Å². The highest BCUT2D eigenvalue weighted by molar-refractivity contribution is 5.53. The van der Waals surface area contributed by atoms with Gasteiger partial charge in [-0.2, -0.15) is 0 Å². The van der Waals surface area contributed by atoms with Crippen LogP contribution >= 0.6 is 0 Å². The van der Waals surface area contributed by atoms with Crippen LogP contribution < -0.4 is 23.7 Å². The molecule has 2 bridgehead atoms. The van der Waals surface area contributed by atoms with Gasteiger partial charge < -0.3 is 23.7 Å². The summed E-state index contributed by atoms with van der Waals surface area (Å²) in [5.41, 5.74) is 1.16. The molecule has 0 amide bonds. The number of piperidine rings is 1. The number of hydrogen-bond donors (Lipinski definition) is 0. The van der Waals surface area contributed by atoms with Crippen molar-refractivity contribution >= 4 is 0 Å². The molecule has 2 aliphatic rings. The number of likely N-dealkylation sites (tertiary alicyclic amines) is 1. The normalized spacial score (nSPS) is 22.7. The second-order valence-corrected chi connectivity index (χ2v) is 7.99. The maximum absolute atomic E-state index is 6.19. The molecule has 0 radical (unpaired) electrons. The van der Waals surface area contributed by atoms with Gasteiger partial charge in [-0.25, -0.2) is 0 Å². The molecule has 0 unspecified atom stereocenters. The van der Waals surface area contributed by atoms with Crippen LogP contribution in [0.4, 0.5) is 0 Å². The van der Waals surface area contributed by atoms with Crippen LogP contribution in [0.25, 0.3) is 0 Å². The standard InChI is InChI=1S/C24H31NO5/c1-26-19-6-5-7-20(13-19)30-15-21-17-8-9-18(12-17)25(21)14-16-10-22(27-2)24(29-4)23(11-16)28-3/h5-7,10-11,13,17-18,21H,8-9,12,14-15H2,1-4H3/t17-,18-,21+/m1/s1. The van der Waals surface area contributed by atoms with Crippen LogP contribution in [0.15, 0.2) is 36.4 Å². The number of benzene rings is 2. The van der Waals surface area contributed by atoms with Crippen molar-refractivity contribution in [3.05, 3.63) is 42.0 Å². The molecule has 6 heteroatoms. The number of fused-ring (bicyclic) bond motifs is 2. The molecule has 1 heterocycles. The Balaban J connectivity index is 1.51. The molecule has 2 fully saturated rings. The average molecular weight is 414 g/mol. The minimum Gasteiger partial charge on any atom is -0.497 e. The van der Waals surface area contributed by atoms with E-state index >= 15 is 0 Å². The largest absolute Gasteiger partial charge is 0.497 e. The van der Waals surface area contributed by atoms with Crippen molar-refractivity contribution in [3.8, 4) is 28.7 Å². The van der Waals surface area contributed by atoms with Crippen LogP contribution in [-0.4, -0.2) is 52.0 Å². The molecule has 30 heavy (non-hydrogen) atoms. The molecule has 4 rings (SSSR count). The van der Waals surface area contributed by atoms with Crippen LogP contribution in [0.5, 0.6) is 28.7 Å². The first-order valence-electron chi connectivity index (χ1n) is 10.5. The number of ether oxygens (including phenoxy) is 5. The van der Waals surface area contributed by atoms with Gasteiger partial charge in [-0.05, 0) is 55.0 Å². The van der Waals surface area contributed by atoms with E-state index < -0.39 is 0 Å². The molecule has 1 aliphatic heterocycles. The van der Waals surface area contributed by atoms with E-state index in [1.54, 1.807) is 28.4 Å². The molecular weight excluding hydrogens is 382 g/mol. The van der Waals surface area contributed by atoms with Crippen molar-refractivity contribution in [1.29, 1.82) is 0 Å². The zero-order chi connectivity index (χ0) is 21.1. The fourth-order valence-electron chi connectivity index (χ4n) is 4.97. The Morgan fingerprint density at radius 3 is 2.27 bits per heavy atom. The minimum atomic E-state index is 0.397. The van der Waals surface area contributed by atoms with Gasteiger partial charge in [0.05, 0.1) is 28.4 Å². The molecule has 0 aromatic heterocycles. The number of hydrogen-bond acceptors (Lipinski definition) is 6. The van der Waals surface area contributed by atoms with E-state index in [1.807, 2.05) is 36.4 Å². The Morgan fingerprint density at radius 2 is 1.60 bits per heavy atom. The fraction of sp³-hybridized carbons (Fsp3) is 0.500.